The molecule has 0 aliphatic heterocycles. The molecule has 0 saturated heterocycles. The van der Waals surface area contributed by atoms with Gasteiger partial charge >= 0.3 is 0 Å². The average Bonchev–Trinajstić information content (AvgIpc) is 3.28. The van der Waals surface area contributed by atoms with Gasteiger partial charge in [0.25, 0.3) is 0 Å². The maximum Gasteiger partial charge on any atom is 0.219 e. The lowest BCUT2D eigenvalue weighted by Gasteiger charge is -2.16. The molecule has 6 rings (SSSR count). The third kappa shape index (κ3) is 4.37. The lowest BCUT2D eigenvalue weighted by atomic mass is 9.97. The van der Waals surface area contributed by atoms with E-state index in [0.717, 1.165) is 38.6 Å². The van der Waals surface area contributed by atoms with Crippen LogP contribution in [-0.2, 0) is 7.05 Å². The van der Waals surface area contributed by atoms with E-state index in [4.69, 9.17) is 4.42 Å². The van der Waals surface area contributed by atoms with Crippen LogP contribution in [-0.4, -0.2) is 8.07 Å². The number of pyridine rings is 1. The Hall–Kier alpha value is -4.09. The summed E-state index contributed by atoms with van der Waals surface area (Å²) in [4.78, 5) is 0. The molecule has 4 aromatic carbocycles. The normalized spacial score (nSPS) is 12.0. The molecule has 39 heavy (non-hydrogen) atoms. The summed E-state index contributed by atoms with van der Waals surface area (Å²) in [6, 6.07) is 26.9. The second-order valence-electron chi connectivity index (χ2n) is 11.3. The van der Waals surface area contributed by atoms with Gasteiger partial charge in [-0.3, -0.25) is 0 Å². The van der Waals surface area contributed by atoms with Crippen LogP contribution in [0.3, 0.4) is 0 Å². The molecule has 6 aromatic rings. The third-order valence-electron chi connectivity index (χ3n) is 7.59. The largest absolute Gasteiger partial charge is 0.454 e. The van der Waals surface area contributed by atoms with Gasteiger partial charge in [-0.25, -0.2) is 13.3 Å². The molecule has 0 aliphatic rings. The quantitative estimate of drug-likeness (QED) is 0.164. The van der Waals surface area contributed by atoms with Gasteiger partial charge in [0.05, 0.1) is 19.2 Å². The predicted molar refractivity (Wildman–Crippen MR) is 159 cm³/mol. The highest BCUT2D eigenvalue weighted by molar-refractivity contribution is 6.88. The van der Waals surface area contributed by atoms with Crippen LogP contribution >= 0.6 is 0 Å². The van der Waals surface area contributed by atoms with Crippen molar-refractivity contribution in [2.75, 3.05) is 0 Å². The minimum absolute atomic E-state index is 0.322. The van der Waals surface area contributed by atoms with Crippen LogP contribution in [0.4, 0.5) is 8.78 Å². The van der Waals surface area contributed by atoms with Gasteiger partial charge in [-0.15, -0.1) is 0 Å². The van der Waals surface area contributed by atoms with Crippen molar-refractivity contribution in [1.29, 1.82) is 0 Å². The third-order valence-corrected chi connectivity index (χ3v) is 9.66. The maximum absolute atomic E-state index is 15.4. The molecule has 0 aliphatic carbocycles. The topological polar surface area (TPSA) is 17.0 Å². The monoisotopic (exact) mass is 534 g/mol. The second kappa shape index (κ2) is 9.28. The summed E-state index contributed by atoms with van der Waals surface area (Å²) >= 11 is 0. The Balaban J connectivity index is 1.49. The molecule has 2 aromatic heterocycles. The second-order valence-corrected chi connectivity index (χ2v) is 16.4. The maximum atomic E-state index is 15.4. The number of aryl methyl sites for hydroxylation is 2. The van der Waals surface area contributed by atoms with E-state index in [1.165, 1.54) is 23.4 Å². The predicted octanol–water partition coefficient (Wildman–Crippen LogP) is 8.54. The van der Waals surface area contributed by atoms with E-state index in [9.17, 15) is 4.39 Å². The minimum atomic E-state index is -1.36. The molecule has 0 spiro atoms. The fraction of sp³-hybridized carbons (Fsp3) is 0.147. The van der Waals surface area contributed by atoms with Crippen LogP contribution < -0.4 is 9.75 Å². The Morgan fingerprint density at radius 1 is 0.667 bits per heavy atom. The molecule has 194 valence electrons. The van der Waals surface area contributed by atoms with E-state index in [1.807, 2.05) is 54.9 Å². The summed E-state index contributed by atoms with van der Waals surface area (Å²) in [6.07, 6.45) is 1.69. The molecule has 0 N–H and O–H groups in total. The van der Waals surface area contributed by atoms with E-state index in [1.54, 1.807) is 12.3 Å². The zero-order valence-corrected chi connectivity index (χ0v) is 23.8. The summed E-state index contributed by atoms with van der Waals surface area (Å²) in [5.41, 5.74) is 6.95. The van der Waals surface area contributed by atoms with Gasteiger partial charge in [0, 0.05) is 22.9 Å². The minimum Gasteiger partial charge on any atom is -0.454 e. The number of benzene rings is 4. The van der Waals surface area contributed by atoms with E-state index in [2.05, 4.69) is 43.9 Å². The molecule has 0 atom stereocenters. The Kier molecular flexibility index (Phi) is 6.00. The molecule has 2 heterocycles. The Labute approximate surface area is 228 Å². The summed E-state index contributed by atoms with van der Waals surface area (Å²) < 4.78 is 38.0. The molecule has 0 radical (unpaired) electrons. The molecule has 0 unspecified atom stereocenters. The number of nitrogens with zero attached hydrogens (tertiary/aromatic N) is 1. The fourth-order valence-corrected chi connectivity index (χ4v) is 6.52. The van der Waals surface area contributed by atoms with Crippen LogP contribution in [0.25, 0.3) is 55.4 Å². The van der Waals surface area contributed by atoms with Gasteiger partial charge in [-0.2, -0.15) is 0 Å². The molecule has 2 nitrogen and oxygen atoms in total. The first-order chi connectivity index (χ1) is 18.6. The highest BCUT2D eigenvalue weighted by Gasteiger charge is 2.24. The lowest BCUT2D eigenvalue weighted by molar-refractivity contribution is -0.660. The van der Waals surface area contributed by atoms with Gasteiger partial charge in [-0.1, -0.05) is 85.5 Å². The number of rotatable bonds is 4. The number of hydrogen-bond acceptors (Lipinski definition) is 1. The summed E-state index contributed by atoms with van der Waals surface area (Å²) in [6.45, 7) is 8.99. The lowest BCUT2D eigenvalue weighted by Crippen LogP contribution is -2.37. The first-order valence-electron chi connectivity index (χ1n) is 13.1. The van der Waals surface area contributed by atoms with Crippen LogP contribution in [0.1, 0.15) is 5.56 Å². The number of hydrogen-bond donors (Lipinski definition) is 0. The van der Waals surface area contributed by atoms with Gasteiger partial charge in [0.15, 0.2) is 6.20 Å². The van der Waals surface area contributed by atoms with Crippen molar-refractivity contribution in [3.05, 3.63) is 108 Å². The van der Waals surface area contributed by atoms with E-state index >= 15 is 4.39 Å². The van der Waals surface area contributed by atoms with Crippen molar-refractivity contribution < 1.29 is 17.8 Å². The molecule has 0 fully saturated rings. The van der Waals surface area contributed by atoms with Gasteiger partial charge in [0.2, 0.25) is 5.69 Å². The van der Waals surface area contributed by atoms with E-state index in [-0.39, 0.29) is 11.6 Å². The van der Waals surface area contributed by atoms with Gasteiger partial charge in [-0.05, 0) is 41.3 Å². The van der Waals surface area contributed by atoms with Crippen LogP contribution in [0, 0.1) is 18.6 Å². The molecular formula is C34H30F2NOSi+. The average molecular weight is 535 g/mol. The summed E-state index contributed by atoms with van der Waals surface area (Å²) in [5, 5.41) is 3.12. The van der Waals surface area contributed by atoms with Crippen molar-refractivity contribution >= 4 is 35.2 Å². The number of halogens is 2. The highest BCUT2D eigenvalue weighted by Crippen LogP contribution is 2.41. The highest BCUT2D eigenvalue weighted by atomic mass is 28.3. The first-order valence-corrected chi connectivity index (χ1v) is 16.6. The van der Waals surface area contributed by atoms with Crippen molar-refractivity contribution in [2.45, 2.75) is 26.6 Å². The van der Waals surface area contributed by atoms with E-state index in [0.29, 0.717) is 22.4 Å². The molecule has 0 amide bonds. The Morgan fingerprint density at radius 2 is 1.23 bits per heavy atom. The summed E-state index contributed by atoms with van der Waals surface area (Å²) in [5.74, 6) is -0.666. The van der Waals surface area contributed by atoms with Gasteiger partial charge < -0.3 is 4.42 Å². The number of fused-ring (bicyclic) bond motifs is 3. The molecule has 5 heteroatoms. The van der Waals surface area contributed by atoms with Crippen molar-refractivity contribution in [3.8, 4) is 33.5 Å². The Morgan fingerprint density at radius 3 is 1.87 bits per heavy atom. The van der Waals surface area contributed by atoms with Crippen LogP contribution in [0.15, 0.2) is 95.5 Å². The van der Waals surface area contributed by atoms with Crippen molar-refractivity contribution in [2.24, 2.45) is 7.05 Å². The smallest absolute Gasteiger partial charge is 0.219 e. The van der Waals surface area contributed by atoms with Crippen molar-refractivity contribution in [3.63, 3.8) is 0 Å². The number of aromatic nitrogens is 1. The van der Waals surface area contributed by atoms with Crippen LogP contribution in [0.2, 0.25) is 19.6 Å². The first kappa shape index (κ1) is 25.2. The SMILES string of the molecule is Cc1ccc2c(oc3c(-c4ccc(-c5ccc([Si](C)(C)C)cc5)cc4)c(F)ccc32)c1-c1cc(F)cc[n+]1C. The molecule has 0 saturated carbocycles. The molecule has 0 bridgehead atoms. The zero-order valence-electron chi connectivity index (χ0n) is 22.8. The van der Waals surface area contributed by atoms with Crippen molar-refractivity contribution in [1.82, 2.24) is 0 Å². The molecular weight excluding hydrogens is 504 g/mol. The fourth-order valence-electron chi connectivity index (χ4n) is 5.35. The van der Waals surface area contributed by atoms with E-state index < -0.39 is 8.07 Å². The Bertz CT molecular complexity index is 1860. The van der Waals surface area contributed by atoms with Crippen LogP contribution in [0.5, 0.6) is 0 Å². The zero-order chi connectivity index (χ0) is 27.5. The number of furan rings is 1. The van der Waals surface area contributed by atoms with Gasteiger partial charge in [0.1, 0.15) is 29.8 Å². The standard InChI is InChI=1S/C34H30F2NOSi/c1-21-6-15-27-28-16-17-29(36)32(34(28)38-33(27)31(21)30-20-25(35)18-19-37(30)2)24-9-7-22(8-10-24)23-11-13-26(14-12-23)39(3,4)5/h6-20H,1-5H3/q+1. The summed E-state index contributed by atoms with van der Waals surface area (Å²) in [7, 11) is 0.511.